The number of ether oxygens (including phenoxy) is 5. The molecule has 0 spiro atoms. The number of anilines is 1. The fourth-order valence-corrected chi connectivity index (χ4v) is 13.7. The van der Waals surface area contributed by atoms with Crippen LogP contribution in [0.15, 0.2) is 95.9 Å². The van der Waals surface area contributed by atoms with E-state index in [0.29, 0.717) is 17.3 Å². The second-order valence-electron chi connectivity index (χ2n) is 16.8. The van der Waals surface area contributed by atoms with Gasteiger partial charge in [0.1, 0.15) is 35.1 Å². The SMILES string of the molecule is COc1ccc(C(OC[C@@H]2O[C@@H](n3ccc(NC(C)=O)nc3=O)[C@H](OCCSSC(C)(C)C)[C@@H]2N(CCC#N)P(=O)(C(C)C)C(C)C)(c2ccccc2)c2ccc(OC)cc2)cc1. The van der Waals surface area contributed by atoms with Crippen LogP contribution in [-0.2, 0) is 29.2 Å². The molecule has 1 N–H and O–H groups in total. The van der Waals surface area contributed by atoms with Crippen LogP contribution >= 0.6 is 28.9 Å². The van der Waals surface area contributed by atoms with Crippen LogP contribution in [0, 0.1) is 11.3 Å². The van der Waals surface area contributed by atoms with Crippen LogP contribution in [0.5, 0.6) is 11.5 Å². The smallest absolute Gasteiger partial charge is 0.351 e. The Morgan fingerprint density at radius 3 is 2.00 bits per heavy atom. The number of benzene rings is 3. The van der Waals surface area contributed by atoms with Crippen molar-refractivity contribution in [1.29, 1.82) is 5.26 Å². The minimum absolute atomic E-state index is 0.0115. The quantitative estimate of drug-likeness (QED) is 0.0366. The molecule has 1 aliphatic heterocycles. The highest BCUT2D eigenvalue weighted by Crippen LogP contribution is 2.61. The monoisotopic (exact) mass is 919 g/mol. The predicted octanol–water partition coefficient (Wildman–Crippen LogP) is 9.37. The zero-order valence-electron chi connectivity index (χ0n) is 38.0. The molecule has 1 saturated heterocycles. The Bertz CT molecular complexity index is 2190. The molecule has 4 aromatic rings. The van der Waals surface area contributed by atoms with E-state index in [1.54, 1.807) is 35.8 Å². The molecule has 63 heavy (non-hydrogen) atoms. The Labute approximate surface area is 380 Å². The highest BCUT2D eigenvalue weighted by Gasteiger charge is 2.55. The molecular weight excluding hydrogens is 858 g/mol. The average Bonchev–Trinajstić information content (AvgIpc) is 3.60. The van der Waals surface area contributed by atoms with Gasteiger partial charge in [0.15, 0.2) is 13.5 Å². The van der Waals surface area contributed by atoms with E-state index in [4.69, 9.17) is 23.7 Å². The highest BCUT2D eigenvalue weighted by atomic mass is 33.1. The third-order valence-electron chi connectivity index (χ3n) is 10.8. The molecular formula is C47H62N5O8PS2. The summed E-state index contributed by atoms with van der Waals surface area (Å²) in [6, 6.07) is 28.4. The number of carbonyl (C=O) groups excluding carboxylic acids is 1. The first-order chi connectivity index (χ1) is 30.0. The van der Waals surface area contributed by atoms with Crippen LogP contribution in [0.2, 0.25) is 0 Å². The number of hydrogen-bond donors (Lipinski definition) is 1. The van der Waals surface area contributed by atoms with Gasteiger partial charge >= 0.3 is 5.69 Å². The molecule has 1 fully saturated rings. The first-order valence-corrected chi connectivity index (χ1v) is 25.3. The van der Waals surface area contributed by atoms with Crippen molar-refractivity contribution in [2.24, 2.45) is 0 Å². The number of nitrogens with zero attached hydrogens (tertiary/aromatic N) is 4. The van der Waals surface area contributed by atoms with Crippen LogP contribution in [0.1, 0.15) is 84.7 Å². The number of hydrogen-bond acceptors (Lipinski definition) is 12. The van der Waals surface area contributed by atoms with Gasteiger partial charge in [0, 0.05) is 47.9 Å². The van der Waals surface area contributed by atoms with Gasteiger partial charge in [-0.1, -0.05) is 125 Å². The number of amides is 1. The van der Waals surface area contributed by atoms with Crippen LogP contribution in [0.25, 0.3) is 0 Å². The van der Waals surface area contributed by atoms with Gasteiger partial charge in [0.2, 0.25) is 5.91 Å². The van der Waals surface area contributed by atoms with Crippen LogP contribution in [-0.4, -0.2) is 94.2 Å². The molecule has 1 aliphatic rings. The zero-order valence-corrected chi connectivity index (χ0v) is 40.5. The van der Waals surface area contributed by atoms with Crippen LogP contribution < -0.4 is 20.5 Å². The Morgan fingerprint density at radius 2 is 1.51 bits per heavy atom. The number of nitrogens with one attached hydrogen (secondary N) is 1. The van der Waals surface area contributed by atoms with Gasteiger partial charge < -0.3 is 33.6 Å². The molecule has 2 heterocycles. The number of aromatic nitrogens is 2. The topological polar surface area (TPSA) is 154 Å². The van der Waals surface area contributed by atoms with E-state index in [1.165, 1.54) is 23.8 Å². The lowest BCUT2D eigenvalue weighted by molar-refractivity contribution is -0.114. The Morgan fingerprint density at radius 1 is 0.937 bits per heavy atom. The van der Waals surface area contributed by atoms with Crippen molar-refractivity contribution in [3.63, 3.8) is 0 Å². The zero-order chi connectivity index (χ0) is 46.0. The normalized spacial score (nSPS) is 18.2. The van der Waals surface area contributed by atoms with Crippen molar-refractivity contribution in [1.82, 2.24) is 14.2 Å². The molecule has 5 rings (SSSR count). The van der Waals surface area contributed by atoms with Gasteiger partial charge in [-0.25, -0.2) is 9.46 Å². The number of methoxy groups -OCH3 is 2. The molecule has 3 aromatic carbocycles. The fourth-order valence-electron chi connectivity index (χ4n) is 8.06. The highest BCUT2D eigenvalue weighted by molar-refractivity contribution is 8.77. The van der Waals surface area contributed by atoms with Gasteiger partial charge in [-0.2, -0.15) is 10.2 Å². The molecule has 0 unspecified atom stereocenters. The van der Waals surface area contributed by atoms with Gasteiger partial charge in [0.25, 0.3) is 0 Å². The lowest BCUT2D eigenvalue weighted by Gasteiger charge is -2.44. The van der Waals surface area contributed by atoms with E-state index in [0.717, 1.165) is 16.7 Å². The molecule has 0 aliphatic carbocycles. The van der Waals surface area contributed by atoms with Crippen molar-refractivity contribution in [2.45, 2.75) is 108 Å². The van der Waals surface area contributed by atoms with Crippen molar-refractivity contribution in [3.8, 4) is 17.6 Å². The summed E-state index contributed by atoms with van der Waals surface area (Å²) in [6.45, 7) is 15.9. The van der Waals surface area contributed by atoms with Crippen molar-refractivity contribution in [2.75, 3.05) is 45.0 Å². The lowest BCUT2D eigenvalue weighted by atomic mass is 9.80. The third kappa shape index (κ3) is 11.8. The molecule has 0 bridgehead atoms. The maximum Gasteiger partial charge on any atom is 0.351 e. The minimum Gasteiger partial charge on any atom is -0.497 e. The maximum absolute atomic E-state index is 15.7. The predicted molar refractivity (Wildman–Crippen MR) is 253 cm³/mol. The van der Waals surface area contributed by atoms with Gasteiger partial charge in [-0.05, 0) is 47.0 Å². The van der Waals surface area contributed by atoms with Crippen molar-refractivity contribution in [3.05, 3.63) is 118 Å². The Balaban J connectivity index is 1.74. The molecule has 0 saturated carbocycles. The van der Waals surface area contributed by atoms with Crippen molar-refractivity contribution >= 4 is 40.6 Å². The Kier molecular flexibility index (Phi) is 17.6. The molecule has 1 amide bonds. The number of nitriles is 1. The summed E-state index contributed by atoms with van der Waals surface area (Å²) in [4.78, 5) is 30.1. The average molecular weight is 920 g/mol. The molecule has 0 radical (unpaired) electrons. The Hall–Kier alpha value is -4.13. The fraction of sp³-hybridized carbons (Fsp3) is 0.489. The summed E-state index contributed by atoms with van der Waals surface area (Å²) in [5.74, 6) is 1.68. The van der Waals surface area contributed by atoms with E-state index < -0.39 is 43.1 Å². The van der Waals surface area contributed by atoms with E-state index in [9.17, 15) is 14.9 Å². The summed E-state index contributed by atoms with van der Waals surface area (Å²) in [7, 11) is 3.33. The summed E-state index contributed by atoms with van der Waals surface area (Å²) in [5, 5.41) is 12.6. The standard InChI is InChI=1S/C47H62N5O8PS2/c1-32(2)61(55,33(3)4)52(27-14-26-48)42-40(60-44(43(42)58-29-30-62-63-46(6,7)8)51-28-25-41(49-34(5)53)50-45(51)54)31-59-47(35-15-12-11-13-16-35,36-17-21-38(56-9)22-18-36)37-19-23-39(57-10)24-20-37/h11-13,15-25,28,32-33,40,42-44H,14,27,29-31H2,1-10H3,(H,49,50,53,54)/t40-,42+,43+,44+/m0/s1. The molecule has 16 heteroatoms. The molecule has 1 aromatic heterocycles. The van der Waals surface area contributed by atoms with E-state index in [-0.39, 0.29) is 54.0 Å². The van der Waals surface area contributed by atoms with Crippen LogP contribution in [0.3, 0.4) is 0 Å². The molecule has 340 valence electrons. The first kappa shape index (κ1) is 49.9. The maximum atomic E-state index is 15.7. The van der Waals surface area contributed by atoms with Crippen molar-refractivity contribution < 1.29 is 33.0 Å². The largest absolute Gasteiger partial charge is 0.497 e. The number of carbonyl (C=O) groups is 1. The van der Waals surface area contributed by atoms with Gasteiger partial charge in [0.05, 0.1) is 39.5 Å². The summed E-state index contributed by atoms with van der Waals surface area (Å²) in [5.41, 5.74) is -0.0856. The summed E-state index contributed by atoms with van der Waals surface area (Å²) >= 11 is 0. The summed E-state index contributed by atoms with van der Waals surface area (Å²) < 4.78 is 51.6. The lowest BCUT2D eigenvalue weighted by Crippen LogP contribution is -2.51. The van der Waals surface area contributed by atoms with Crippen LogP contribution in [0.4, 0.5) is 5.82 Å². The molecule has 13 nitrogen and oxygen atoms in total. The van der Waals surface area contributed by atoms with E-state index in [1.807, 2.05) is 111 Å². The first-order valence-electron chi connectivity index (χ1n) is 21.2. The number of rotatable bonds is 21. The van der Waals surface area contributed by atoms with Gasteiger partial charge in [-0.15, -0.1) is 0 Å². The summed E-state index contributed by atoms with van der Waals surface area (Å²) in [6.07, 6.45) is -1.22. The van der Waals surface area contributed by atoms with E-state index >= 15 is 4.57 Å². The molecule has 4 atom stereocenters. The second kappa shape index (κ2) is 22.2. The minimum atomic E-state index is -3.33. The second-order valence-corrected chi connectivity index (χ2v) is 24.0. The van der Waals surface area contributed by atoms with Gasteiger partial charge in [-0.3, -0.25) is 9.36 Å². The van der Waals surface area contributed by atoms with E-state index in [2.05, 4.69) is 37.1 Å². The third-order valence-corrected chi connectivity index (χ3v) is 18.4.